The molecule has 1 aliphatic rings. The molecule has 46 heavy (non-hydrogen) atoms. The van der Waals surface area contributed by atoms with E-state index < -0.39 is 85.8 Å². The first-order chi connectivity index (χ1) is 21.4. The number of rotatable bonds is 17. The number of hydrogen-bond acceptors (Lipinski definition) is 16. The van der Waals surface area contributed by atoms with Gasteiger partial charge in [-0.3, -0.25) is 43.6 Å². The number of amides is 1. The Hall–Kier alpha value is -2.89. The molecule has 1 fully saturated rings. The zero-order chi connectivity index (χ0) is 35.2. The second-order valence-corrected chi connectivity index (χ2v) is 11.4. The molecule has 1 aliphatic heterocycles. The summed E-state index contributed by atoms with van der Waals surface area (Å²) < 4.78 is 0. The minimum absolute atomic E-state index is 0.0829. The maximum Gasteiger partial charge on any atom is 0.317 e. The first kappa shape index (κ1) is 41.1. The summed E-state index contributed by atoms with van der Waals surface area (Å²) in [4.78, 5) is 68.2. The van der Waals surface area contributed by atoms with Gasteiger partial charge in [-0.25, -0.2) is 0 Å². The summed E-state index contributed by atoms with van der Waals surface area (Å²) in [5.74, 6) is -5.23. The number of nitrogens with two attached hydrogens (primary N) is 2. The zero-order valence-corrected chi connectivity index (χ0v) is 25.9. The van der Waals surface area contributed by atoms with Crippen molar-refractivity contribution in [1.82, 2.24) is 24.5 Å². The molecule has 0 bridgehead atoms. The van der Waals surface area contributed by atoms with Gasteiger partial charge in [-0.05, 0) is 0 Å². The van der Waals surface area contributed by atoms with Gasteiger partial charge in [0.05, 0.1) is 32.8 Å². The van der Waals surface area contributed by atoms with E-state index in [9.17, 15) is 59.7 Å². The average molecular weight is 668 g/mol. The van der Waals surface area contributed by atoms with E-state index in [1.165, 1.54) is 0 Å². The number of carboxylic acid groups (broad SMARTS) is 3. The number of nitrogens with zero attached hydrogens (tertiary/aromatic N) is 5. The third-order valence-corrected chi connectivity index (χ3v) is 7.71. The van der Waals surface area contributed by atoms with Gasteiger partial charge in [-0.2, -0.15) is 0 Å². The summed E-state index contributed by atoms with van der Waals surface area (Å²) in [7, 11) is 1.16. The summed E-state index contributed by atoms with van der Waals surface area (Å²) in [6.45, 7) is -2.69. The number of carboxylic acids is 3. The maximum absolute atomic E-state index is 13.5. The lowest BCUT2D eigenvalue weighted by molar-refractivity contribution is -0.147. The fourth-order valence-electron chi connectivity index (χ4n) is 4.82. The summed E-state index contributed by atoms with van der Waals surface area (Å²) in [5.41, 5.74) is 9.66. The van der Waals surface area contributed by atoms with Gasteiger partial charge in [0.1, 0.15) is 24.4 Å². The number of likely N-dealkylation sites (N-methyl/N-ethyl adjacent to an activating group) is 1. The molecule has 1 rings (SSSR count). The van der Waals surface area contributed by atoms with Crippen molar-refractivity contribution in [3.63, 3.8) is 0 Å². The van der Waals surface area contributed by atoms with Crippen molar-refractivity contribution in [2.45, 2.75) is 30.0 Å². The van der Waals surface area contributed by atoms with Gasteiger partial charge in [0, 0.05) is 72.5 Å². The summed E-state index contributed by atoms with van der Waals surface area (Å²) in [5, 5.41) is 76.8. The first-order valence-corrected chi connectivity index (χ1v) is 14.6. The monoisotopic (exact) mass is 667 g/mol. The lowest BCUT2D eigenvalue weighted by Gasteiger charge is -2.36. The Morgan fingerprint density at radius 2 is 1.00 bits per heavy atom. The minimum Gasteiger partial charge on any atom is -0.480 e. The number of carbonyl (C=O) groups excluding carboxylic acids is 2. The van der Waals surface area contributed by atoms with Crippen molar-refractivity contribution in [2.75, 3.05) is 105 Å². The van der Waals surface area contributed by atoms with Crippen LogP contribution in [0.25, 0.3) is 0 Å². The number of aliphatic hydroxyl groups excluding tert-OH is 5. The highest BCUT2D eigenvalue weighted by Crippen LogP contribution is 2.12. The van der Waals surface area contributed by atoms with Crippen LogP contribution in [-0.2, 0) is 24.0 Å². The summed E-state index contributed by atoms with van der Waals surface area (Å²) in [6.07, 6.45) is -7.51. The van der Waals surface area contributed by atoms with Gasteiger partial charge >= 0.3 is 17.9 Å². The minimum atomic E-state index is -2.31. The van der Waals surface area contributed by atoms with Gasteiger partial charge in [0.15, 0.2) is 11.3 Å². The van der Waals surface area contributed by atoms with Crippen LogP contribution in [0.4, 0.5) is 0 Å². The van der Waals surface area contributed by atoms with Gasteiger partial charge in [0.25, 0.3) is 5.91 Å². The van der Waals surface area contributed by atoms with Crippen LogP contribution < -0.4 is 11.5 Å². The first-order valence-electron chi connectivity index (χ1n) is 14.6. The fraction of sp³-hybridized carbons (Fsp3) is 0.808. The van der Waals surface area contributed by atoms with Crippen molar-refractivity contribution in [1.29, 1.82) is 0 Å². The zero-order valence-electron chi connectivity index (χ0n) is 25.9. The Balaban J connectivity index is 3.16. The van der Waals surface area contributed by atoms with Crippen molar-refractivity contribution in [3.8, 4) is 0 Å². The summed E-state index contributed by atoms with van der Waals surface area (Å²) >= 11 is 0. The predicted octanol–water partition coefficient (Wildman–Crippen LogP) is -7.42. The molecule has 0 aromatic heterocycles. The molecule has 0 aliphatic carbocycles. The van der Waals surface area contributed by atoms with E-state index in [0.29, 0.717) is 0 Å². The molecule has 0 spiro atoms. The Labute approximate surface area is 265 Å². The van der Waals surface area contributed by atoms with Crippen molar-refractivity contribution >= 4 is 29.6 Å². The highest BCUT2D eigenvalue weighted by molar-refractivity contribution is 6.11. The van der Waals surface area contributed by atoms with Crippen molar-refractivity contribution in [3.05, 3.63) is 0 Å². The quantitative estimate of drug-likeness (QED) is 0.0644. The average Bonchev–Trinajstić information content (AvgIpc) is 2.99. The number of aliphatic hydroxyl groups is 5. The van der Waals surface area contributed by atoms with Crippen LogP contribution in [0.5, 0.6) is 0 Å². The highest BCUT2D eigenvalue weighted by atomic mass is 16.4. The normalized spacial score (nSPS) is 20.7. The molecule has 0 aromatic rings. The number of carbonyl (C=O) groups is 5. The molecule has 20 nitrogen and oxygen atoms in total. The van der Waals surface area contributed by atoms with E-state index in [1.54, 1.807) is 19.6 Å². The number of hydrogen-bond donors (Lipinski definition) is 10. The van der Waals surface area contributed by atoms with Crippen LogP contribution in [0, 0.1) is 0 Å². The second kappa shape index (κ2) is 19.7. The molecule has 20 heteroatoms. The molecule has 1 heterocycles. The van der Waals surface area contributed by atoms with Crippen LogP contribution in [0.15, 0.2) is 0 Å². The second-order valence-electron chi connectivity index (χ2n) is 11.4. The Bertz CT molecular complexity index is 993. The molecule has 5 atom stereocenters. The Morgan fingerprint density at radius 3 is 1.30 bits per heavy atom. The van der Waals surface area contributed by atoms with Crippen LogP contribution >= 0.6 is 0 Å². The predicted molar refractivity (Wildman–Crippen MR) is 158 cm³/mol. The van der Waals surface area contributed by atoms with Crippen LogP contribution in [-0.4, -0.2) is 230 Å². The third-order valence-electron chi connectivity index (χ3n) is 7.71. The Kier molecular flexibility index (Phi) is 17.6. The molecule has 0 radical (unpaired) electrons. The molecule has 1 unspecified atom stereocenters. The van der Waals surface area contributed by atoms with Gasteiger partial charge in [0.2, 0.25) is 0 Å². The molecule has 1 amide bonds. The maximum atomic E-state index is 13.5. The van der Waals surface area contributed by atoms with Crippen molar-refractivity contribution in [2.24, 2.45) is 11.5 Å². The van der Waals surface area contributed by atoms with Crippen LogP contribution in [0.1, 0.15) is 0 Å². The van der Waals surface area contributed by atoms with Gasteiger partial charge < -0.3 is 57.2 Å². The molecule has 0 saturated carbocycles. The standard InChI is InChI=1S/C26H49N7O13/c1-29(10-17(35)23(44)24(45)18(36)15-34)25(46)26(28,16-27)19(37)11-30-2-4-31(12-20(38)39)6-8-33(14-22(42)43)9-7-32(5-3-30)13-21(40)41/h17-18,23-24,34-36,44-45H,2-16,27-28H2,1H3,(H,38,39)(H,40,41)(H,42,43)/t17-,18+,23+,24+,26?/m0/s1. The lowest BCUT2D eigenvalue weighted by atomic mass is 9.92. The lowest BCUT2D eigenvalue weighted by Crippen LogP contribution is -2.67. The van der Waals surface area contributed by atoms with Crippen molar-refractivity contribution < 1.29 is 64.8 Å². The molecule has 1 saturated heterocycles. The highest BCUT2D eigenvalue weighted by Gasteiger charge is 2.44. The fourth-order valence-corrected chi connectivity index (χ4v) is 4.82. The SMILES string of the molecule is CN(C[C@H](O)[C@@H](O)[C@H](O)[C@H](O)CO)C(=O)C(N)(CN)C(=O)CN1CCN(CC(=O)O)CCN(CC(=O)O)CCN(CC(=O)O)CC1. The van der Waals surface area contributed by atoms with E-state index in [0.717, 1.165) is 11.9 Å². The molecule has 0 aromatic carbocycles. The van der Waals surface area contributed by atoms with Crippen LogP contribution in [0.3, 0.4) is 0 Å². The number of ketones is 1. The molecular weight excluding hydrogens is 618 g/mol. The van der Waals surface area contributed by atoms with E-state index in [1.807, 2.05) is 0 Å². The van der Waals surface area contributed by atoms with E-state index in [-0.39, 0.29) is 72.0 Å². The molecule has 12 N–H and O–H groups in total. The molecular formula is C26H49N7O13. The van der Waals surface area contributed by atoms with E-state index in [2.05, 4.69) is 0 Å². The van der Waals surface area contributed by atoms with Gasteiger partial charge in [-0.1, -0.05) is 0 Å². The summed E-state index contributed by atoms with van der Waals surface area (Å²) in [6, 6.07) is 0. The third kappa shape index (κ3) is 13.5. The topological polar surface area (TPSA) is 315 Å². The largest absolute Gasteiger partial charge is 0.480 e. The van der Waals surface area contributed by atoms with Gasteiger partial charge in [-0.15, -0.1) is 0 Å². The number of aliphatic carboxylic acids is 3. The van der Waals surface area contributed by atoms with E-state index >= 15 is 0 Å². The number of Topliss-reactive ketones (excluding diaryl/α,β-unsaturated/α-hetero) is 1. The Morgan fingerprint density at radius 1 is 0.674 bits per heavy atom. The smallest absolute Gasteiger partial charge is 0.317 e. The van der Waals surface area contributed by atoms with Crippen LogP contribution in [0.2, 0.25) is 0 Å². The molecule has 266 valence electrons. The van der Waals surface area contributed by atoms with E-state index in [4.69, 9.17) is 16.6 Å².